The van der Waals surface area contributed by atoms with Crippen LogP contribution in [0.25, 0.3) is 11.0 Å². The normalized spacial score (nSPS) is 11.8. The minimum atomic E-state index is -0.720. The van der Waals surface area contributed by atoms with Gasteiger partial charge in [-0.2, -0.15) is 0 Å². The number of rotatable bonds is 7. The lowest BCUT2D eigenvalue weighted by molar-refractivity contribution is -0.122. The van der Waals surface area contributed by atoms with Crippen molar-refractivity contribution in [1.82, 2.24) is 20.2 Å². The first-order valence-corrected chi connectivity index (χ1v) is 9.27. The van der Waals surface area contributed by atoms with Gasteiger partial charge in [0.15, 0.2) is 0 Å². The van der Waals surface area contributed by atoms with Gasteiger partial charge >= 0.3 is 6.09 Å². The lowest BCUT2D eigenvalue weighted by atomic mass is 10.2. The quantitative estimate of drug-likeness (QED) is 0.660. The zero-order valence-electron chi connectivity index (χ0n) is 16.0. The number of hydrogen-bond donors (Lipinski definition) is 2. The molecule has 3 aromatic rings. The highest BCUT2D eigenvalue weighted by Crippen LogP contribution is 2.15. The summed E-state index contributed by atoms with van der Waals surface area (Å²) >= 11 is 0. The van der Waals surface area contributed by atoms with Crippen molar-refractivity contribution in [3.05, 3.63) is 66.0 Å². The molecule has 7 heteroatoms. The van der Waals surface area contributed by atoms with E-state index >= 15 is 0 Å². The van der Waals surface area contributed by atoms with Gasteiger partial charge in [0.05, 0.1) is 17.6 Å². The molecule has 0 aliphatic carbocycles. The van der Waals surface area contributed by atoms with E-state index in [-0.39, 0.29) is 19.1 Å². The van der Waals surface area contributed by atoms with Gasteiger partial charge < -0.3 is 19.9 Å². The number of amides is 2. The van der Waals surface area contributed by atoms with Crippen molar-refractivity contribution >= 4 is 23.0 Å². The Hall–Kier alpha value is -3.35. The number of aromatic nitrogens is 2. The highest BCUT2D eigenvalue weighted by Gasteiger charge is 2.17. The van der Waals surface area contributed by atoms with E-state index in [4.69, 9.17) is 4.74 Å². The molecule has 0 aliphatic heterocycles. The number of imidazole rings is 1. The van der Waals surface area contributed by atoms with Crippen LogP contribution in [0.2, 0.25) is 0 Å². The molecule has 3 rings (SSSR count). The average Bonchev–Trinajstić information content (AvgIpc) is 3.08. The van der Waals surface area contributed by atoms with Gasteiger partial charge in [-0.15, -0.1) is 0 Å². The number of benzene rings is 2. The summed E-state index contributed by atoms with van der Waals surface area (Å²) in [7, 11) is 0. The summed E-state index contributed by atoms with van der Waals surface area (Å²) in [4.78, 5) is 28.8. The highest BCUT2D eigenvalue weighted by molar-refractivity contribution is 5.85. The predicted octanol–water partition coefficient (Wildman–Crippen LogP) is 2.99. The minimum absolute atomic E-state index is 0.154. The molecule has 1 aromatic heterocycles. The van der Waals surface area contributed by atoms with E-state index in [0.717, 1.165) is 29.0 Å². The fourth-order valence-electron chi connectivity index (χ4n) is 2.94. The number of carbonyl (C=O) groups excluding carboxylic acids is 2. The van der Waals surface area contributed by atoms with Crippen molar-refractivity contribution in [2.75, 3.05) is 0 Å². The summed E-state index contributed by atoms with van der Waals surface area (Å²) in [5, 5.41) is 5.36. The summed E-state index contributed by atoms with van der Waals surface area (Å²) < 4.78 is 7.20. The van der Waals surface area contributed by atoms with Crippen LogP contribution in [0.1, 0.15) is 25.2 Å². The lowest BCUT2D eigenvalue weighted by Crippen LogP contribution is -2.44. The van der Waals surface area contributed by atoms with Crippen LogP contribution in [0, 0.1) is 0 Å². The molecule has 28 heavy (non-hydrogen) atoms. The van der Waals surface area contributed by atoms with Crippen molar-refractivity contribution in [2.45, 2.75) is 39.6 Å². The fourth-order valence-corrected chi connectivity index (χ4v) is 2.94. The third kappa shape index (κ3) is 4.68. The molecule has 2 amide bonds. The van der Waals surface area contributed by atoms with E-state index in [9.17, 15) is 9.59 Å². The van der Waals surface area contributed by atoms with Gasteiger partial charge in [-0.05, 0) is 31.5 Å². The molecule has 0 spiro atoms. The van der Waals surface area contributed by atoms with E-state index < -0.39 is 12.1 Å². The molecule has 0 fully saturated rings. The van der Waals surface area contributed by atoms with Crippen LogP contribution >= 0.6 is 0 Å². The number of hydrogen-bond acceptors (Lipinski definition) is 4. The van der Waals surface area contributed by atoms with Crippen LogP contribution in [0.4, 0.5) is 4.79 Å². The highest BCUT2D eigenvalue weighted by atomic mass is 16.5. The van der Waals surface area contributed by atoms with Crippen LogP contribution in [0.5, 0.6) is 0 Å². The topological polar surface area (TPSA) is 85.2 Å². The first-order chi connectivity index (χ1) is 13.6. The SMILES string of the molecule is CCn1c(CNC(=O)C(C)NC(=O)OCc2ccccc2)nc2ccccc21. The van der Waals surface area contributed by atoms with Crippen molar-refractivity contribution < 1.29 is 14.3 Å². The van der Waals surface area contributed by atoms with Gasteiger partial charge in [-0.3, -0.25) is 4.79 Å². The molecule has 2 aromatic carbocycles. The second-order valence-corrected chi connectivity index (χ2v) is 6.41. The average molecular weight is 380 g/mol. The number of alkyl carbamates (subject to hydrolysis) is 1. The third-order valence-corrected chi connectivity index (χ3v) is 4.41. The van der Waals surface area contributed by atoms with Gasteiger partial charge in [0.1, 0.15) is 18.5 Å². The summed E-state index contributed by atoms with van der Waals surface area (Å²) in [5.74, 6) is 0.474. The second-order valence-electron chi connectivity index (χ2n) is 6.41. The zero-order chi connectivity index (χ0) is 19.9. The van der Waals surface area contributed by atoms with Gasteiger partial charge in [-0.1, -0.05) is 42.5 Å². The fraction of sp³-hybridized carbons (Fsp3) is 0.286. The first kappa shape index (κ1) is 19.4. The summed E-state index contributed by atoms with van der Waals surface area (Å²) in [6.45, 7) is 4.84. The van der Waals surface area contributed by atoms with E-state index in [1.54, 1.807) is 6.92 Å². The molecule has 0 bridgehead atoms. The monoisotopic (exact) mass is 380 g/mol. The van der Waals surface area contributed by atoms with Crippen molar-refractivity contribution in [1.29, 1.82) is 0 Å². The Balaban J connectivity index is 1.51. The van der Waals surface area contributed by atoms with Crippen LogP contribution < -0.4 is 10.6 Å². The summed E-state index contributed by atoms with van der Waals surface area (Å²) in [6, 6.07) is 16.5. The van der Waals surface area contributed by atoms with Crippen molar-refractivity contribution in [3.63, 3.8) is 0 Å². The molecule has 2 N–H and O–H groups in total. The zero-order valence-corrected chi connectivity index (χ0v) is 16.0. The Bertz CT molecular complexity index is 953. The molecule has 0 aliphatic rings. The number of fused-ring (bicyclic) bond motifs is 1. The molecule has 146 valence electrons. The van der Waals surface area contributed by atoms with Crippen LogP contribution in [-0.4, -0.2) is 27.6 Å². The molecule has 7 nitrogen and oxygen atoms in total. The Morgan fingerprint density at radius 2 is 1.82 bits per heavy atom. The number of aryl methyl sites for hydroxylation is 1. The van der Waals surface area contributed by atoms with Crippen LogP contribution in [-0.2, 0) is 29.2 Å². The minimum Gasteiger partial charge on any atom is -0.445 e. The lowest BCUT2D eigenvalue weighted by Gasteiger charge is -2.14. The van der Waals surface area contributed by atoms with Gasteiger partial charge in [0.2, 0.25) is 5.91 Å². The number of ether oxygens (including phenoxy) is 1. The van der Waals surface area contributed by atoms with Gasteiger partial charge in [0, 0.05) is 6.54 Å². The van der Waals surface area contributed by atoms with Crippen molar-refractivity contribution in [3.8, 4) is 0 Å². The van der Waals surface area contributed by atoms with Crippen molar-refractivity contribution in [2.24, 2.45) is 0 Å². The smallest absolute Gasteiger partial charge is 0.408 e. The molecule has 0 saturated carbocycles. The molecular weight excluding hydrogens is 356 g/mol. The Kier molecular flexibility index (Phi) is 6.26. The van der Waals surface area contributed by atoms with Crippen LogP contribution in [0.3, 0.4) is 0 Å². The predicted molar refractivity (Wildman–Crippen MR) is 106 cm³/mol. The number of nitrogens with zero attached hydrogens (tertiary/aromatic N) is 2. The maximum Gasteiger partial charge on any atom is 0.408 e. The Morgan fingerprint density at radius 3 is 2.57 bits per heavy atom. The van der Waals surface area contributed by atoms with Gasteiger partial charge in [0.25, 0.3) is 0 Å². The molecule has 0 radical (unpaired) electrons. The van der Waals surface area contributed by atoms with E-state index in [2.05, 4.69) is 20.2 Å². The number of carbonyl (C=O) groups is 2. The second kappa shape index (κ2) is 9.03. The number of nitrogens with one attached hydrogen (secondary N) is 2. The van der Waals surface area contributed by atoms with E-state index in [0.29, 0.717) is 0 Å². The standard InChI is InChI=1S/C21H24N4O3/c1-3-25-18-12-8-7-11-17(18)24-19(25)13-22-20(26)15(2)23-21(27)28-14-16-9-5-4-6-10-16/h4-12,15H,3,13-14H2,1-2H3,(H,22,26)(H,23,27). The number of para-hydroxylation sites is 2. The summed E-state index contributed by atoms with van der Waals surface area (Å²) in [6.07, 6.45) is -0.632. The maximum atomic E-state index is 12.3. The van der Waals surface area contributed by atoms with E-state index in [1.807, 2.05) is 61.5 Å². The molecular formula is C21H24N4O3. The maximum absolute atomic E-state index is 12.3. The molecule has 1 unspecified atom stereocenters. The molecule has 1 heterocycles. The molecule has 0 saturated heterocycles. The Morgan fingerprint density at radius 1 is 1.11 bits per heavy atom. The largest absolute Gasteiger partial charge is 0.445 e. The molecule has 1 atom stereocenters. The van der Waals surface area contributed by atoms with Crippen LogP contribution in [0.15, 0.2) is 54.6 Å². The summed E-state index contributed by atoms with van der Waals surface area (Å²) in [5.41, 5.74) is 2.81. The third-order valence-electron chi connectivity index (χ3n) is 4.41. The first-order valence-electron chi connectivity index (χ1n) is 9.27. The van der Waals surface area contributed by atoms with Gasteiger partial charge in [-0.25, -0.2) is 9.78 Å². The van der Waals surface area contributed by atoms with E-state index in [1.165, 1.54) is 0 Å². The Labute approximate surface area is 163 Å².